The lowest BCUT2D eigenvalue weighted by molar-refractivity contribution is -0.385. The van der Waals surface area contributed by atoms with Crippen LogP contribution in [0.2, 0.25) is 0 Å². The van der Waals surface area contributed by atoms with Gasteiger partial charge < -0.3 is 4.74 Å². The van der Waals surface area contributed by atoms with Crippen molar-refractivity contribution in [2.24, 2.45) is 0 Å². The topological polar surface area (TPSA) is 132 Å². The maximum Gasteiger partial charge on any atom is 0.374 e. The molecule has 0 radical (unpaired) electrons. The van der Waals surface area contributed by atoms with Gasteiger partial charge in [0.15, 0.2) is 0 Å². The molecule has 1 amide bonds. The highest BCUT2D eigenvalue weighted by Crippen LogP contribution is 2.30. The molecule has 2 rings (SSSR count). The highest BCUT2D eigenvalue weighted by atomic mass is 16.6. The lowest BCUT2D eigenvalue weighted by Gasteiger charge is -2.09. The second-order valence-electron chi connectivity index (χ2n) is 3.89. The standard InChI is InChI=1S/C12H12N6O4/c1-2-22-12-9(18(20)21)10(14-7-15-12)16-17-11(19)8-4-3-5-13-6-8/h3-7H,2H2,1H3,(H,17,19)(H,14,15,16). The molecule has 0 aromatic carbocycles. The van der Waals surface area contributed by atoms with Crippen molar-refractivity contribution in [2.45, 2.75) is 6.92 Å². The molecule has 0 atom stereocenters. The SMILES string of the molecule is CCOc1ncnc(NNC(=O)c2cccnc2)c1[N+](=O)[O-]. The Balaban J connectivity index is 2.17. The van der Waals surface area contributed by atoms with Crippen LogP contribution in [0.15, 0.2) is 30.9 Å². The predicted molar refractivity (Wildman–Crippen MR) is 75.2 cm³/mol. The number of nitrogens with zero attached hydrogens (tertiary/aromatic N) is 4. The van der Waals surface area contributed by atoms with Crippen LogP contribution in [0.4, 0.5) is 11.5 Å². The summed E-state index contributed by atoms with van der Waals surface area (Å²) >= 11 is 0. The Morgan fingerprint density at radius 1 is 1.45 bits per heavy atom. The van der Waals surface area contributed by atoms with E-state index in [0.717, 1.165) is 6.33 Å². The molecule has 0 aliphatic rings. The molecule has 22 heavy (non-hydrogen) atoms. The maximum atomic E-state index is 11.9. The van der Waals surface area contributed by atoms with Crippen molar-refractivity contribution in [2.75, 3.05) is 12.0 Å². The normalized spacial score (nSPS) is 9.86. The van der Waals surface area contributed by atoms with Crippen LogP contribution in [-0.4, -0.2) is 32.4 Å². The highest BCUT2D eigenvalue weighted by molar-refractivity contribution is 5.94. The van der Waals surface area contributed by atoms with Crippen molar-refractivity contribution in [3.05, 3.63) is 46.5 Å². The first kappa shape index (κ1) is 15.1. The van der Waals surface area contributed by atoms with Crippen LogP contribution in [0.1, 0.15) is 17.3 Å². The van der Waals surface area contributed by atoms with Crippen LogP contribution in [0, 0.1) is 10.1 Å². The minimum Gasteiger partial charge on any atom is -0.473 e. The van der Waals surface area contributed by atoms with Crippen LogP contribution in [0.25, 0.3) is 0 Å². The van der Waals surface area contributed by atoms with Gasteiger partial charge >= 0.3 is 5.69 Å². The van der Waals surface area contributed by atoms with E-state index in [1.165, 1.54) is 12.4 Å². The molecule has 10 nitrogen and oxygen atoms in total. The number of aromatic nitrogens is 3. The average molecular weight is 304 g/mol. The van der Waals surface area contributed by atoms with Crippen LogP contribution in [-0.2, 0) is 0 Å². The average Bonchev–Trinajstić information content (AvgIpc) is 2.53. The van der Waals surface area contributed by atoms with Gasteiger partial charge in [0.1, 0.15) is 6.33 Å². The molecule has 114 valence electrons. The highest BCUT2D eigenvalue weighted by Gasteiger charge is 2.24. The fraction of sp³-hybridized carbons (Fsp3) is 0.167. The third-order valence-electron chi connectivity index (χ3n) is 2.47. The number of rotatable bonds is 6. The molecule has 2 heterocycles. The lowest BCUT2D eigenvalue weighted by Crippen LogP contribution is -2.30. The Labute approximate surface area is 124 Å². The fourth-order valence-corrected chi connectivity index (χ4v) is 1.55. The number of nitrogens with one attached hydrogen (secondary N) is 2. The Kier molecular flexibility index (Phi) is 4.75. The van der Waals surface area contributed by atoms with Crippen molar-refractivity contribution in [3.63, 3.8) is 0 Å². The predicted octanol–water partition coefficient (Wildman–Crippen LogP) is 0.935. The molecule has 2 N–H and O–H groups in total. The number of carbonyl (C=O) groups is 1. The molecule has 10 heteroatoms. The Morgan fingerprint density at radius 3 is 2.91 bits per heavy atom. The van der Waals surface area contributed by atoms with Gasteiger partial charge in [0.05, 0.1) is 17.1 Å². The largest absolute Gasteiger partial charge is 0.473 e. The van der Waals surface area contributed by atoms with Gasteiger partial charge in [0, 0.05) is 12.4 Å². The van der Waals surface area contributed by atoms with E-state index in [4.69, 9.17) is 4.74 Å². The first-order chi connectivity index (χ1) is 10.6. The van der Waals surface area contributed by atoms with Gasteiger partial charge in [-0.1, -0.05) is 0 Å². The first-order valence-electron chi connectivity index (χ1n) is 6.22. The van der Waals surface area contributed by atoms with E-state index in [1.807, 2.05) is 0 Å². The number of amides is 1. The number of anilines is 1. The summed E-state index contributed by atoms with van der Waals surface area (Å²) in [7, 11) is 0. The molecule has 0 aliphatic carbocycles. The minimum absolute atomic E-state index is 0.180. The third kappa shape index (κ3) is 3.42. The van der Waals surface area contributed by atoms with E-state index in [2.05, 4.69) is 25.8 Å². The smallest absolute Gasteiger partial charge is 0.374 e. The minimum atomic E-state index is -0.691. The zero-order valence-electron chi connectivity index (χ0n) is 11.5. The first-order valence-corrected chi connectivity index (χ1v) is 6.22. The lowest BCUT2D eigenvalue weighted by atomic mass is 10.3. The summed E-state index contributed by atoms with van der Waals surface area (Å²) in [5.74, 6) is -0.875. The molecule has 0 saturated heterocycles. The summed E-state index contributed by atoms with van der Waals surface area (Å²) in [4.78, 5) is 33.5. The van der Waals surface area contributed by atoms with Gasteiger partial charge in [-0.3, -0.25) is 30.7 Å². The van der Waals surface area contributed by atoms with Crippen molar-refractivity contribution in [1.29, 1.82) is 0 Å². The number of hydrogen-bond acceptors (Lipinski definition) is 8. The number of pyridine rings is 1. The summed E-state index contributed by atoms with van der Waals surface area (Å²) in [6, 6.07) is 3.14. The van der Waals surface area contributed by atoms with Crippen molar-refractivity contribution >= 4 is 17.4 Å². The summed E-state index contributed by atoms with van der Waals surface area (Å²) in [5.41, 5.74) is 4.52. The molecule has 0 fully saturated rings. The molecular formula is C12H12N6O4. The molecule has 0 spiro atoms. The van der Waals surface area contributed by atoms with Gasteiger partial charge in [-0.2, -0.15) is 4.98 Å². The summed E-state index contributed by atoms with van der Waals surface area (Å²) in [5, 5.41) is 11.1. The maximum absolute atomic E-state index is 11.9. The summed E-state index contributed by atoms with van der Waals surface area (Å²) in [6.45, 7) is 1.88. The van der Waals surface area contributed by atoms with Gasteiger partial charge in [0.2, 0.25) is 5.82 Å². The number of hydrogen-bond donors (Lipinski definition) is 2. The molecule has 0 saturated carbocycles. The van der Waals surface area contributed by atoms with Crippen molar-refractivity contribution in [1.82, 2.24) is 20.4 Å². The van der Waals surface area contributed by atoms with Crippen molar-refractivity contribution in [3.8, 4) is 5.88 Å². The van der Waals surface area contributed by atoms with E-state index >= 15 is 0 Å². The van der Waals surface area contributed by atoms with Gasteiger partial charge in [-0.25, -0.2) is 4.98 Å². The third-order valence-corrected chi connectivity index (χ3v) is 2.47. The van der Waals surface area contributed by atoms with E-state index in [1.54, 1.807) is 19.1 Å². The quantitative estimate of drug-likeness (QED) is 0.595. The molecule has 2 aromatic heterocycles. The second-order valence-corrected chi connectivity index (χ2v) is 3.89. The van der Waals surface area contributed by atoms with Crippen LogP contribution >= 0.6 is 0 Å². The zero-order chi connectivity index (χ0) is 15.9. The van der Waals surface area contributed by atoms with E-state index in [-0.39, 0.29) is 23.9 Å². The molecule has 2 aromatic rings. The van der Waals surface area contributed by atoms with Crippen LogP contribution in [0.5, 0.6) is 5.88 Å². The van der Waals surface area contributed by atoms with Crippen LogP contribution in [0.3, 0.4) is 0 Å². The van der Waals surface area contributed by atoms with Gasteiger partial charge in [-0.05, 0) is 19.1 Å². The van der Waals surface area contributed by atoms with E-state index in [9.17, 15) is 14.9 Å². The number of nitro groups is 1. The van der Waals surface area contributed by atoms with E-state index in [0.29, 0.717) is 0 Å². The summed E-state index contributed by atoms with van der Waals surface area (Å²) < 4.78 is 5.07. The second kappa shape index (κ2) is 6.92. The molecular weight excluding hydrogens is 292 g/mol. The summed E-state index contributed by atoms with van der Waals surface area (Å²) in [6.07, 6.45) is 3.97. The molecule has 0 aliphatic heterocycles. The molecule has 0 bridgehead atoms. The van der Waals surface area contributed by atoms with Crippen molar-refractivity contribution < 1.29 is 14.5 Å². The number of hydrazine groups is 1. The molecule has 0 unspecified atom stereocenters. The van der Waals surface area contributed by atoms with Crippen LogP contribution < -0.4 is 15.6 Å². The van der Waals surface area contributed by atoms with E-state index < -0.39 is 16.5 Å². The fourth-order valence-electron chi connectivity index (χ4n) is 1.55. The number of carbonyl (C=O) groups excluding carboxylic acids is 1. The van der Waals surface area contributed by atoms with Gasteiger partial charge in [-0.15, -0.1) is 0 Å². The Bertz CT molecular complexity index is 679. The monoisotopic (exact) mass is 304 g/mol. The Morgan fingerprint density at radius 2 is 2.27 bits per heavy atom. The Hall–Kier alpha value is -3.30. The number of ether oxygens (including phenoxy) is 1. The zero-order valence-corrected chi connectivity index (χ0v) is 11.5. The van der Waals surface area contributed by atoms with Gasteiger partial charge in [0.25, 0.3) is 11.8 Å².